The van der Waals surface area contributed by atoms with Gasteiger partial charge in [-0.05, 0) is 31.4 Å². The van der Waals surface area contributed by atoms with E-state index in [0.29, 0.717) is 31.6 Å². The summed E-state index contributed by atoms with van der Waals surface area (Å²) in [6, 6.07) is 3.55. The van der Waals surface area contributed by atoms with Crippen LogP contribution in [0.1, 0.15) is 48.8 Å². The molecule has 3 atom stereocenters. The Kier molecular flexibility index (Phi) is 5.22. The topological polar surface area (TPSA) is 87.4 Å². The van der Waals surface area contributed by atoms with Crippen LogP contribution in [-0.4, -0.2) is 32.0 Å². The number of rotatable bonds is 4. The minimum Gasteiger partial charge on any atom is -0.465 e. The SMILES string of the molecule is CC(O)Cc1cnc2n1C[C@H](c1cccc(F)c1F)CC[C@H]2NC(=O)O. The van der Waals surface area contributed by atoms with Crippen LogP contribution < -0.4 is 5.32 Å². The minimum atomic E-state index is -1.17. The summed E-state index contributed by atoms with van der Waals surface area (Å²) in [6.45, 7) is 1.99. The van der Waals surface area contributed by atoms with E-state index in [1.165, 1.54) is 6.07 Å². The average Bonchev–Trinajstić information content (AvgIpc) is 2.85. The molecule has 2 heterocycles. The van der Waals surface area contributed by atoms with Crippen molar-refractivity contribution in [1.82, 2.24) is 14.9 Å². The minimum absolute atomic E-state index is 0.267. The maximum absolute atomic E-state index is 14.3. The third kappa shape index (κ3) is 3.70. The highest BCUT2D eigenvalue weighted by atomic mass is 19.2. The zero-order valence-corrected chi connectivity index (χ0v) is 14.3. The number of aliphatic hydroxyl groups is 1. The third-order valence-corrected chi connectivity index (χ3v) is 4.71. The number of amides is 1. The van der Waals surface area contributed by atoms with Gasteiger partial charge in [-0.1, -0.05) is 12.1 Å². The Labute approximate surface area is 149 Å². The largest absolute Gasteiger partial charge is 0.465 e. The summed E-state index contributed by atoms with van der Waals surface area (Å²) < 4.78 is 29.8. The van der Waals surface area contributed by atoms with Crippen LogP contribution in [0.2, 0.25) is 0 Å². The van der Waals surface area contributed by atoms with E-state index >= 15 is 0 Å². The molecule has 1 amide bonds. The molecule has 0 bridgehead atoms. The molecule has 1 aliphatic heterocycles. The number of imidazole rings is 1. The maximum Gasteiger partial charge on any atom is 0.405 e. The second-order valence-electron chi connectivity index (χ2n) is 6.69. The number of aromatic nitrogens is 2. The van der Waals surface area contributed by atoms with E-state index in [2.05, 4.69) is 10.3 Å². The number of fused-ring (bicyclic) bond motifs is 1. The number of halogens is 2. The number of benzene rings is 1. The number of aliphatic hydroxyl groups excluding tert-OH is 1. The van der Waals surface area contributed by atoms with E-state index in [-0.39, 0.29) is 11.5 Å². The molecule has 0 fully saturated rings. The molecule has 1 aliphatic rings. The third-order valence-electron chi connectivity index (χ3n) is 4.71. The van der Waals surface area contributed by atoms with Gasteiger partial charge in [0.25, 0.3) is 0 Å². The van der Waals surface area contributed by atoms with Gasteiger partial charge in [-0.3, -0.25) is 0 Å². The average molecular weight is 365 g/mol. The molecule has 3 N–H and O–H groups in total. The molecule has 6 nitrogen and oxygen atoms in total. The lowest BCUT2D eigenvalue weighted by molar-refractivity contribution is 0.187. The molecular weight excluding hydrogens is 344 g/mol. The van der Waals surface area contributed by atoms with Crippen LogP contribution in [-0.2, 0) is 13.0 Å². The van der Waals surface area contributed by atoms with Crippen molar-refractivity contribution in [2.45, 2.75) is 50.8 Å². The molecule has 0 aliphatic carbocycles. The summed E-state index contributed by atoms with van der Waals surface area (Å²) in [5, 5.41) is 21.3. The van der Waals surface area contributed by atoms with Crippen LogP contribution in [0.3, 0.4) is 0 Å². The van der Waals surface area contributed by atoms with E-state index < -0.39 is 29.9 Å². The molecule has 140 valence electrons. The zero-order valence-electron chi connectivity index (χ0n) is 14.3. The molecular formula is C18H21F2N3O3. The van der Waals surface area contributed by atoms with Gasteiger partial charge in [0.1, 0.15) is 5.82 Å². The fourth-order valence-corrected chi connectivity index (χ4v) is 3.57. The second-order valence-corrected chi connectivity index (χ2v) is 6.69. The van der Waals surface area contributed by atoms with Crippen molar-refractivity contribution in [1.29, 1.82) is 0 Å². The molecule has 0 spiro atoms. The molecule has 1 aromatic heterocycles. The number of hydrogen-bond acceptors (Lipinski definition) is 3. The van der Waals surface area contributed by atoms with Crippen LogP contribution in [0.15, 0.2) is 24.4 Å². The summed E-state index contributed by atoms with van der Waals surface area (Å²) in [4.78, 5) is 15.5. The lowest BCUT2D eigenvalue weighted by Gasteiger charge is -2.19. The lowest BCUT2D eigenvalue weighted by Crippen LogP contribution is -2.28. The van der Waals surface area contributed by atoms with Gasteiger partial charge in [0.05, 0.1) is 12.1 Å². The first-order chi connectivity index (χ1) is 12.4. The van der Waals surface area contributed by atoms with Crippen molar-refractivity contribution in [2.24, 2.45) is 0 Å². The Bertz CT molecular complexity index is 807. The fraction of sp³-hybridized carbons (Fsp3) is 0.444. The maximum atomic E-state index is 14.3. The first-order valence-corrected chi connectivity index (χ1v) is 8.52. The molecule has 2 aromatic rings. The van der Waals surface area contributed by atoms with E-state index in [0.717, 1.165) is 11.8 Å². The Hall–Kier alpha value is -2.48. The molecule has 3 rings (SSSR count). The molecule has 8 heteroatoms. The van der Waals surface area contributed by atoms with Crippen molar-refractivity contribution in [2.75, 3.05) is 0 Å². The predicted molar refractivity (Wildman–Crippen MR) is 89.8 cm³/mol. The van der Waals surface area contributed by atoms with Gasteiger partial charge in [-0.2, -0.15) is 0 Å². The summed E-state index contributed by atoms with van der Waals surface area (Å²) in [5.41, 5.74) is 1.000. The van der Waals surface area contributed by atoms with Gasteiger partial charge in [0.15, 0.2) is 11.6 Å². The van der Waals surface area contributed by atoms with E-state index in [4.69, 9.17) is 5.11 Å². The summed E-state index contributed by atoms with van der Waals surface area (Å²) in [6.07, 6.45) is 1.06. The van der Waals surface area contributed by atoms with Crippen LogP contribution in [0, 0.1) is 11.6 Å². The molecule has 1 unspecified atom stereocenters. The lowest BCUT2D eigenvalue weighted by atomic mass is 9.92. The number of hydrogen-bond donors (Lipinski definition) is 3. The standard InChI is InChI=1S/C18H21F2N3O3/c1-10(24)7-12-8-21-17-15(22-18(25)26)6-5-11(9-23(12)17)13-3-2-4-14(19)16(13)20/h2-4,8,10-11,15,22,24H,5-7,9H2,1H3,(H,25,26)/t10?,11-,15-/m1/s1. The number of nitrogens with one attached hydrogen (secondary N) is 1. The Morgan fingerprint density at radius 2 is 2.19 bits per heavy atom. The van der Waals surface area contributed by atoms with Crippen molar-refractivity contribution in [3.05, 3.63) is 53.1 Å². The second kappa shape index (κ2) is 7.41. The highest BCUT2D eigenvalue weighted by Crippen LogP contribution is 2.35. The first-order valence-electron chi connectivity index (χ1n) is 8.52. The number of carbonyl (C=O) groups is 1. The number of nitrogens with zero attached hydrogens (tertiary/aromatic N) is 2. The Morgan fingerprint density at radius 3 is 2.88 bits per heavy atom. The quantitative estimate of drug-likeness (QED) is 0.777. The zero-order chi connectivity index (χ0) is 18.8. The Balaban J connectivity index is 2.00. The van der Waals surface area contributed by atoms with Gasteiger partial charge in [0.2, 0.25) is 0 Å². The monoisotopic (exact) mass is 365 g/mol. The summed E-state index contributed by atoms with van der Waals surface area (Å²) >= 11 is 0. The van der Waals surface area contributed by atoms with E-state index in [9.17, 15) is 18.7 Å². The highest BCUT2D eigenvalue weighted by Gasteiger charge is 2.30. The Morgan fingerprint density at radius 1 is 1.42 bits per heavy atom. The molecule has 26 heavy (non-hydrogen) atoms. The predicted octanol–water partition coefficient (Wildman–Crippen LogP) is 2.97. The molecule has 0 saturated carbocycles. The van der Waals surface area contributed by atoms with Crippen molar-refractivity contribution in [3.63, 3.8) is 0 Å². The molecule has 1 aromatic carbocycles. The van der Waals surface area contributed by atoms with Gasteiger partial charge >= 0.3 is 6.09 Å². The number of carboxylic acid groups (broad SMARTS) is 1. The molecule has 0 radical (unpaired) electrons. The van der Waals surface area contributed by atoms with Crippen LogP contribution in [0.5, 0.6) is 0 Å². The van der Waals surface area contributed by atoms with Crippen LogP contribution in [0.25, 0.3) is 0 Å². The summed E-state index contributed by atoms with van der Waals surface area (Å²) in [5.74, 6) is -1.57. The van der Waals surface area contributed by atoms with Crippen molar-refractivity contribution >= 4 is 6.09 Å². The van der Waals surface area contributed by atoms with E-state index in [1.807, 2.05) is 4.57 Å². The van der Waals surface area contributed by atoms with Crippen molar-refractivity contribution in [3.8, 4) is 0 Å². The van der Waals surface area contributed by atoms with Gasteiger partial charge < -0.3 is 20.1 Å². The van der Waals surface area contributed by atoms with Crippen molar-refractivity contribution < 1.29 is 23.8 Å². The highest BCUT2D eigenvalue weighted by molar-refractivity contribution is 5.65. The van der Waals surface area contributed by atoms with Gasteiger partial charge in [-0.25, -0.2) is 18.6 Å². The summed E-state index contributed by atoms with van der Waals surface area (Å²) in [7, 11) is 0. The van der Waals surface area contributed by atoms with Crippen LogP contribution >= 0.6 is 0 Å². The van der Waals surface area contributed by atoms with Crippen LogP contribution in [0.4, 0.5) is 13.6 Å². The smallest absolute Gasteiger partial charge is 0.405 e. The van der Waals surface area contributed by atoms with Gasteiger partial charge in [-0.15, -0.1) is 0 Å². The normalized spacial score (nSPS) is 20.9. The molecule has 0 saturated heterocycles. The van der Waals surface area contributed by atoms with Gasteiger partial charge in [0, 0.05) is 30.8 Å². The first kappa shape index (κ1) is 18.3. The van der Waals surface area contributed by atoms with E-state index in [1.54, 1.807) is 19.2 Å². The fourth-order valence-electron chi connectivity index (χ4n) is 3.57.